The number of carbonyl (C=O) groups is 1. The molecule has 1 aliphatic carbocycles. The van der Waals surface area contributed by atoms with Gasteiger partial charge in [-0.25, -0.2) is 0 Å². The standard InChI is InChI=1S/C30H48O2/c1-23(12-8-9-13-24(2)15-11-17-26(4)22-31)14-10-16-25(3)18-19-29-27(5)20-28(32)21-30(29,6)7/h8-9,11,13,15,17-19,22-23,25,27-29,32H,10,12,14,16,20-21H2,1-7H3/b9-8+,15-11+,19-18+,24-13+,26-17+/t23?,25?,27?,28-,29?/m1/s1. The first-order valence-corrected chi connectivity index (χ1v) is 12.5. The maximum absolute atomic E-state index is 10.6. The number of hydrogen-bond acceptors (Lipinski definition) is 2. The maximum atomic E-state index is 10.6. The summed E-state index contributed by atoms with van der Waals surface area (Å²) in [5.41, 5.74) is 2.09. The van der Waals surface area contributed by atoms with Crippen molar-refractivity contribution >= 4 is 6.29 Å². The molecule has 5 atom stereocenters. The van der Waals surface area contributed by atoms with Crippen LogP contribution in [0, 0.1) is 29.1 Å². The smallest absolute Gasteiger partial charge is 0.145 e. The van der Waals surface area contributed by atoms with Crippen LogP contribution in [0.2, 0.25) is 0 Å². The molecule has 2 heteroatoms. The van der Waals surface area contributed by atoms with Crippen molar-refractivity contribution in [2.75, 3.05) is 0 Å². The summed E-state index contributed by atoms with van der Waals surface area (Å²) in [4.78, 5) is 10.6. The summed E-state index contributed by atoms with van der Waals surface area (Å²) >= 11 is 0. The second-order valence-corrected chi connectivity index (χ2v) is 10.9. The molecular weight excluding hydrogens is 392 g/mol. The molecule has 180 valence electrons. The molecule has 1 saturated carbocycles. The average Bonchev–Trinajstić information content (AvgIpc) is 2.69. The van der Waals surface area contributed by atoms with Crippen LogP contribution >= 0.6 is 0 Å². The van der Waals surface area contributed by atoms with E-state index in [1.165, 1.54) is 24.8 Å². The minimum atomic E-state index is -0.136. The Morgan fingerprint density at radius 3 is 2.44 bits per heavy atom. The van der Waals surface area contributed by atoms with E-state index in [0.29, 0.717) is 23.7 Å². The predicted octanol–water partition coefficient (Wildman–Crippen LogP) is 8.01. The van der Waals surface area contributed by atoms with Crippen molar-refractivity contribution in [1.29, 1.82) is 0 Å². The fourth-order valence-corrected chi connectivity index (χ4v) is 4.91. The minimum Gasteiger partial charge on any atom is -0.393 e. The second kappa shape index (κ2) is 14.5. The third-order valence-electron chi connectivity index (χ3n) is 6.86. The van der Waals surface area contributed by atoms with Gasteiger partial charge in [-0.2, -0.15) is 0 Å². The van der Waals surface area contributed by atoms with Gasteiger partial charge < -0.3 is 5.11 Å². The fraction of sp³-hybridized carbons (Fsp3) is 0.633. The van der Waals surface area contributed by atoms with E-state index >= 15 is 0 Å². The van der Waals surface area contributed by atoms with Gasteiger partial charge in [-0.15, -0.1) is 0 Å². The minimum absolute atomic E-state index is 0.136. The van der Waals surface area contributed by atoms with E-state index in [9.17, 15) is 9.90 Å². The molecule has 0 bridgehead atoms. The van der Waals surface area contributed by atoms with E-state index in [-0.39, 0.29) is 11.5 Å². The Kier molecular flexibility index (Phi) is 12.8. The predicted molar refractivity (Wildman–Crippen MR) is 139 cm³/mol. The summed E-state index contributed by atoms with van der Waals surface area (Å²) in [6.45, 7) is 15.4. The van der Waals surface area contributed by atoms with Crippen molar-refractivity contribution in [1.82, 2.24) is 0 Å². The van der Waals surface area contributed by atoms with Gasteiger partial charge >= 0.3 is 0 Å². The molecule has 1 rings (SSSR count). The molecule has 1 aliphatic rings. The lowest BCUT2D eigenvalue weighted by Gasteiger charge is -2.43. The Morgan fingerprint density at radius 1 is 1.09 bits per heavy atom. The highest BCUT2D eigenvalue weighted by atomic mass is 16.3. The Bertz CT molecular complexity index is 704. The van der Waals surface area contributed by atoms with E-state index in [1.54, 1.807) is 6.92 Å². The first-order valence-electron chi connectivity index (χ1n) is 12.5. The Morgan fingerprint density at radius 2 is 1.78 bits per heavy atom. The summed E-state index contributed by atoms with van der Waals surface area (Å²) in [6, 6.07) is 0. The monoisotopic (exact) mass is 440 g/mol. The zero-order valence-electron chi connectivity index (χ0n) is 21.7. The third kappa shape index (κ3) is 11.3. The van der Waals surface area contributed by atoms with Gasteiger partial charge in [0.1, 0.15) is 6.29 Å². The van der Waals surface area contributed by atoms with Crippen LogP contribution in [0.1, 0.15) is 87.0 Å². The molecule has 0 aliphatic heterocycles. The van der Waals surface area contributed by atoms with E-state index in [4.69, 9.17) is 0 Å². The van der Waals surface area contributed by atoms with Gasteiger partial charge in [-0.3, -0.25) is 4.79 Å². The summed E-state index contributed by atoms with van der Waals surface area (Å²) in [7, 11) is 0. The molecule has 0 heterocycles. The first-order chi connectivity index (χ1) is 15.0. The Hall–Kier alpha value is -1.67. The highest BCUT2D eigenvalue weighted by Crippen LogP contribution is 2.44. The number of aliphatic hydroxyl groups is 1. The van der Waals surface area contributed by atoms with Crippen LogP contribution in [-0.4, -0.2) is 17.5 Å². The quantitative estimate of drug-likeness (QED) is 0.144. The van der Waals surface area contributed by atoms with Crippen molar-refractivity contribution in [3.05, 3.63) is 59.8 Å². The molecule has 32 heavy (non-hydrogen) atoms. The van der Waals surface area contributed by atoms with Gasteiger partial charge in [0.25, 0.3) is 0 Å². The molecule has 0 spiro atoms. The van der Waals surface area contributed by atoms with Crippen LogP contribution in [0.5, 0.6) is 0 Å². The Labute approximate surface area is 198 Å². The van der Waals surface area contributed by atoms with Gasteiger partial charge in [0.15, 0.2) is 0 Å². The van der Waals surface area contributed by atoms with Gasteiger partial charge in [-0.05, 0) is 74.2 Å². The number of hydrogen-bond donors (Lipinski definition) is 1. The summed E-state index contributed by atoms with van der Waals surface area (Å²) in [5, 5.41) is 10.1. The topological polar surface area (TPSA) is 37.3 Å². The van der Waals surface area contributed by atoms with Crippen molar-refractivity contribution in [2.45, 2.75) is 93.1 Å². The van der Waals surface area contributed by atoms with Gasteiger partial charge in [0.05, 0.1) is 6.10 Å². The molecule has 1 N–H and O–H groups in total. The van der Waals surface area contributed by atoms with Gasteiger partial charge in [0.2, 0.25) is 0 Å². The lowest BCUT2D eigenvalue weighted by molar-refractivity contribution is -0.104. The lowest BCUT2D eigenvalue weighted by Crippen LogP contribution is -2.38. The lowest BCUT2D eigenvalue weighted by atomic mass is 9.63. The third-order valence-corrected chi connectivity index (χ3v) is 6.86. The first kappa shape index (κ1) is 28.4. The zero-order chi connectivity index (χ0) is 24.1. The average molecular weight is 441 g/mol. The SMILES string of the molecule is C\C(C=O)=C/C=C/C(C)=C/C=C/CC(C)CCCC(C)/C=C/C1C(C)C[C@@H](O)CC1(C)C. The van der Waals surface area contributed by atoms with Crippen LogP contribution in [-0.2, 0) is 4.79 Å². The van der Waals surface area contributed by atoms with Crippen molar-refractivity contribution in [3.8, 4) is 0 Å². The normalized spacial score (nSPS) is 26.8. The molecule has 0 aromatic heterocycles. The molecule has 0 aromatic rings. The van der Waals surface area contributed by atoms with Crippen molar-refractivity contribution in [2.24, 2.45) is 29.1 Å². The molecular formula is C30H48O2. The van der Waals surface area contributed by atoms with Crippen LogP contribution in [0.3, 0.4) is 0 Å². The number of aldehydes is 1. The summed E-state index contributed by atoms with van der Waals surface area (Å²) in [6.07, 6.45) is 24.6. The fourth-order valence-electron chi connectivity index (χ4n) is 4.91. The number of aliphatic hydroxyl groups excluding tert-OH is 1. The van der Waals surface area contributed by atoms with E-state index in [0.717, 1.165) is 31.1 Å². The Balaban J connectivity index is 2.34. The highest BCUT2D eigenvalue weighted by molar-refractivity contribution is 5.72. The van der Waals surface area contributed by atoms with Crippen molar-refractivity contribution < 1.29 is 9.90 Å². The second-order valence-electron chi connectivity index (χ2n) is 10.9. The van der Waals surface area contributed by atoms with Crippen LogP contribution in [0.25, 0.3) is 0 Å². The number of carbonyl (C=O) groups excluding carboxylic acids is 1. The molecule has 1 fully saturated rings. The van der Waals surface area contributed by atoms with Crippen LogP contribution in [0.4, 0.5) is 0 Å². The molecule has 4 unspecified atom stereocenters. The van der Waals surface area contributed by atoms with Gasteiger partial charge in [-0.1, -0.05) is 102 Å². The molecule has 2 nitrogen and oxygen atoms in total. The zero-order valence-corrected chi connectivity index (χ0v) is 21.7. The summed E-state index contributed by atoms with van der Waals surface area (Å²) < 4.78 is 0. The van der Waals surface area contributed by atoms with E-state index < -0.39 is 0 Å². The largest absolute Gasteiger partial charge is 0.393 e. The molecule has 0 aromatic carbocycles. The van der Waals surface area contributed by atoms with E-state index in [2.05, 4.69) is 71.9 Å². The number of rotatable bonds is 12. The molecule has 0 radical (unpaired) electrons. The summed E-state index contributed by atoms with van der Waals surface area (Å²) in [5.74, 6) is 2.42. The van der Waals surface area contributed by atoms with Crippen molar-refractivity contribution in [3.63, 3.8) is 0 Å². The maximum Gasteiger partial charge on any atom is 0.145 e. The highest BCUT2D eigenvalue weighted by Gasteiger charge is 2.38. The number of allylic oxidation sites excluding steroid dienone is 10. The van der Waals surface area contributed by atoms with Crippen LogP contribution < -0.4 is 0 Å². The molecule has 0 amide bonds. The van der Waals surface area contributed by atoms with Crippen LogP contribution in [0.15, 0.2) is 59.8 Å². The van der Waals surface area contributed by atoms with Gasteiger partial charge in [0, 0.05) is 0 Å². The molecule has 0 saturated heterocycles. The van der Waals surface area contributed by atoms with E-state index in [1.807, 2.05) is 18.2 Å².